The topological polar surface area (TPSA) is 29.3 Å². The van der Waals surface area contributed by atoms with E-state index in [9.17, 15) is 5.21 Å². The molecule has 0 aromatic heterocycles. The van der Waals surface area contributed by atoms with Gasteiger partial charge in [0, 0.05) is 13.0 Å². The minimum absolute atomic E-state index is 0.0294. The van der Waals surface area contributed by atoms with Crippen LogP contribution >= 0.6 is 0 Å². The Morgan fingerprint density at radius 2 is 1.95 bits per heavy atom. The van der Waals surface area contributed by atoms with Crippen LogP contribution < -0.4 is 4.90 Å². The smallest absolute Gasteiger partial charge is 0.239 e. The molecule has 3 aliphatic rings. The number of hydrogen-bond donors (Lipinski definition) is 0. The predicted molar refractivity (Wildman–Crippen MR) is 76.5 cm³/mol. The van der Waals surface area contributed by atoms with Crippen molar-refractivity contribution in [1.82, 2.24) is 0 Å². The van der Waals surface area contributed by atoms with Gasteiger partial charge in [-0.1, -0.05) is 25.0 Å². The Balaban J connectivity index is 1.71. The Morgan fingerprint density at radius 1 is 1.16 bits per heavy atom. The first-order valence-corrected chi connectivity index (χ1v) is 7.44. The zero-order chi connectivity index (χ0) is 12.9. The minimum Gasteiger partial charge on any atom is -0.622 e. The van der Waals surface area contributed by atoms with Gasteiger partial charge in [0.25, 0.3) is 0 Å². The van der Waals surface area contributed by atoms with Crippen molar-refractivity contribution in [2.45, 2.75) is 44.7 Å². The molecule has 2 fully saturated rings. The molecule has 0 bridgehead atoms. The fraction of sp³-hybridized carbons (Fsp3) is 0.562. The highest BCUT2D eigenvalue weighted by atomic mass is 16.5. The molecule has 1 atom stereocenters. The first-order valence-electron chi connectivity index (χ1n) is 7.44. The van der Waals surface area contributed by atoms with E-state index in [1.807, 2.05) is 12.1 Å². The monoisotopic (exact) mass is 256 g/mol. The second-order valence-electron chi connectivity index (χ2n) is 6.38. The van der Waals surface area contributed by atoms with Crippen LogP contribution in [0.4, 0.5) is 5.69 Å². The van der Waals surface area contributed by atoms with Crippen LogP contribution in [-0.2, 0) is 0 Å². The number of rotatable bonds is 0. The number of nitrogens with zero attached hydrogens (tertiary/aromatic N) is 2. The summed E-state index contributed by atoms with van der Waals surface area (Å²) in [5.74, 6) is 0. The lowest BCUT2D eigenvalue weighted by Crippen LogP contribution is -2.53. The lowest BCUT2D eigenvalue weighted by Gasteiger charge is -2.45. The standard InChI is InChI=1S/C16H20N2O/c19-18-12-13-5-1-2-6-14(13)17-10-9-16(11-15(17)18)7-3-4-8-16/h1-2,5-6,12,15H,3-4,7-11H2. The van der Waals surface area contributed by atoms with Gasteiger partial charge in [-0.05, 0) is 36.8 Å². The summed E-state index contributed by atoms with van der Waals surface area (Å²) in [6.45, 7) is 1.04. The summed E-state index contributed by atoms with van der Waals surface area (Å²) in [4.78, 5) is 2.33. The zero-order valence-corrected chi connectivity index (χ0v) is 11.2. The molecule has 19 heavy (non-hydrogen) atoms. The second-order valence-corrected chi connectivity index (χ2v) is 6.38. The summed E-state index contributed by atoms with van der Waals surface area (Å²) >= 11 is 0. The molecule has 1 aromatic rings. The van der Waals surface area contributed by atoms with E-state index in [1.165, 1.54) is 42.5 Å². The highest BCUT2D eigenvalue weighted by Gasteiger charge is 2.46. The fourth-order valence-electron chi connectivity index (χ4n) is 4.28. The van der Waals surface area contributed by atoms with Crippen LogP contribution in [0.25, 0.3) is 0 Å². The number of hydroxylamine groups is 1. The molecule has 1 saturated carbocycles. The van der Waals surface area contributed by atoms with Crippen molar-refractivity contribution in [3.8, 4) is 0 Å². The van der Waals surface area contributed by atoms with Gasteiger partial charge in [0.15, 0.2) is 6.21 Å². The van der Waals surface area contributed by atoms with Crippen LogP contribution in [0.3, 0.4) is 0 Å². The zero-order valence-electron chi connectivity index (χ0n) is 11.2. The predicted octanol–water partition coefficient (Wildman–Crippen LogP) is 3.12. The Kier molecular flexibility index (Phi) is 2.38. The van der Waals surface area contributed by atoms with Gasteiger partial charge in [0.2, 0.25) is 6.17 Å². The average molecular weight is 256 g/mol. The molecule has 1 aliphatic carbocycles. The van der Waals surface area contributed by atoms with Gasteiger partial charge in [-0.15, -0.1) is 0 Å². The number of fused-ring (bicyclic) bond motifs is 3. The van der Waals surface area contributed by atoms with Gasteiger partial charge in [-0.3, -0.25) is 0 Å². The Labute approximate surface area is 114 Å². The fourth-order valence-corrected chi connectivity index (χ4v) is 4.28. The minimum atomic E-state index is 0.0294. The quantitative estimate of drug-likeness (QED) is 0.527. The number of hydrogen-bond acceptors (Lipinski definition) is 2. The molecule has 0 radical (unpaired) electrons. The van der Waals surface area contributed by atoms with Crippen LogP contribution in [0.2, 0.25) is 0 Å². The molecule has 3 heteroatoms. The SMILES string of the molecule is [O-][N+]1=Cc2ccccc2N2CCC3(CCCC3)CC21. The third-order valence-corrected chi connectivity index (χ3v) is 5.33. The number of piperidine rings is 1. The van der Waals surface area contributed by atoms with E-state index in [4.69, 9.17) is 0 Å². The average Bonchev–Trinajstić information content (AvgIpc) is 2.87. The third-order valence-electron chi connectivity index (χ3n) is 5.33. The third kappa shape index (κ3) is 1.67. The maximum atomic E-state index is 12.4. The summed E-state index contributed by atoms with van der Waals surface area (Å²) in [6.07, 6.45) is 9.47. The van der Waals surface area contributed by atoms with Crippen molar-refractivity contribution in [1.29, 1.82) is 0 Å². The van der Waals surface area contributed by atoms with E-state index in [-0.39, 0.29) is 6.17 Å². The molecule has 100 valence electrons. The van der Waals surface area contributed by atoms with Gasteiger partial charge in [0.05, 0.1) is 11.3 Å². The molecule has 2 heterocycles. The molecule has 1 saturated heterocycles. The van der Waals surface area contributed by atoms with Gasteiger partial charge in [0.1, 0.15) is 0 Å². The second kappa shape index (κ2) is 3.99. The maximum Gasteiger partial charge on any atom is 0.239 e. The van der Waals surface area contributed by atoms with Crippen LogP contribution in [0, 0.1) is 10.6 Å². The molecular weight excluding hydrogens is 236 g/mol. The lowest BCUT2D eigenvalue weighted by molar-refractivity contribution is -0.504. The summed E-state index contributed by atoms with van der Waals surface area (Å²) in [5, 5.41) is 12.4. The summed E-state index contributed by atoms with van der Waals surface area (Å²) in [6, 6.07) is 8.27. The molecule has 2 aliphatic heterocycles. The van der Waals surface area contributed by atoms with Crippen LogP contribution in [0.1, 0.15) is 44.1 Å². The van der Waals surface area contributed by atoms with Crippen LogP contribution in [-0.4, -0.2) is 23.7 Å². The van der Waals surface area contributed by atoms with E-state index < -0.39 is 0 Å². The van der Waals surface area contributed by atoms with Gasteiger partial charge >= 0.3 is 0 Å². The van der Waals surface area contributed by atoms with E-state index >= 15 is 0 Å². The van der Waals surface area contributed by atoms with Gasteiger partial charge < -0.3 is 10.1 Å². The summed E-state index contributed by atoms with van der Waals surface area (Å²) < 4.78 is 1.20. The van der Waals surface area contributed by atoms with Crippen molar-refractivity contribution in [2.75, 3.05) is 11.4 Å². The molecule has 0 amide bonds. The van der Waals surface area contributed by atoms with E-state index in [2.05, 4.69) is 17.0 Å². The Morgan fingerprint density at radius 3 is 2.79 bits per heavy atom. The molecular formula is C16H20N2O. The first-order chi connectivity index (χ1) is 9.27. The normalized spacial score (nSPS) is 27.9. The molecule has 1 aromatic carbocycles. The molecule has 3 nitrogen and oxygen atoms in total. The van der Waals surface area contributed by atoms with Gasteiger partial charge in [-0.2, -0.15) is 4.74 Å². The summed E-state index contributed by atoms with van der Waals surface area (Å²) in [5.41, 5.74) is 2.77. The maximum absolute atomic E-state index is 12.4. The largest absolute Gasteiger partial charge is 0.622 e. The molecule has 4 rings (SSSR count). The van der Waals surface area contributed by atoms with Crippen molar-refractivity contribution >= 4 is 11.9 Å². The van der Waals surface area contributed by atoms with Crippen LogP contribution in [0.15, 0.2) is 24.3 Å². The molecule has 0 N–H and O–H groups in total. The van der Waals surface area contributed by atoms with Crippen molar-refractivity contribution in [3.63, 3.8) is 0 Å². The van der Waals surface area contributed by atoms with Crippen molar-refractivity contribution in [3.05, 3.63) is 35.0 Å². The summed E-state index contributed by atoms with van der Waals surface area (Å²) in [7, 11) is 0. The van der Waals surface area contributed by atoms with E-state index in [0.717, 1.165) is 18.5 Å². The molecule has 1 unspecified atom stereocenters. The van der Waals surface area contributed by atoms with Crippen molar-refractivity contribution in [2.24, 2.45) is 5.41 Å². The molecule has 1 spiro atoms. The van der Waals surface area contributed by atoms with Gasteiger partial charge in [-0.25, -0.2) is 0 Å². The van der Waals surface area contributed by atoms with E-state index in [0.29, 0.717) is 5.41 Å². The first kappa shape index (κ1) is 11.3. The Hall–Kier alpha value is -1.51. The highest BCUT2D eigenvalue weighted by molar-refractivity contribution is 5.86. The van der Waals surface area contributed by atoms with Crippen LogP contribution in [0.5, 0.6) is 0 Å². The lowest BCUT2D eigenvalue weighted by atomic mass is 9.75. The van der Waals surface area contributed by atoms with E-state index in [1.54, 1.807) is 6.21 Å². The highest BCUT2D eigenvalue weighted by Crippen LogP contribution is 2.49. The Bertz CT molecular complexity index is 531. The van der Waals surface area contributed by atoms with Crippen molar-refractivity contribution < 1.29 is 4.74 Å². The number of anilines is 1. The number of para-hydroxylation sites is 1. The number of benzene rings is 1.